The molecule has 1 amide bonds. The molecule has 1 aromatic carbocycles. The van der Waals surface area contributed by atoms with E-state index >= 15 is 0 Å². The fourth-order valence-corrected chi connectivity index (χ4v) is 5.44. The summed E-state index contributed by atoms with van der Waals surface area (Å²) in [4.78, 5) is 20.0. The number of likely N-dealkylation sites (N-methyl/N-ethyl adjacent to an activating group) is 1. The zero-order chi connectivity index (χ0) is 20.1. The average Bonchev–Trinajstić information content (AvgIpc) is 3.26. The third-order valence-electron chi connectivity index (χ3n) is 5.64. The molecule has 0 radical (unpaired) electrons. The van der Waals surface area contributed by atoms with Gasteiger partial charge in [-0.3, -0.25) is 9.69 Å². The van der Waals surface area contributed by atoms with Gasteiger partial charge in [0.15, 0.2) is 5.03 Å². The van der Waals surface area contributed by atoms with Crippen molar-refractivity contribution < 1.29 is 17.6 Å². The monoisotopic (exact) mass is 407 g/mol. The Labute approximate surface area is 163 Å². The molecule has 2 aliphatic rings. The SMILES string of the molecule is CN1CC(=O)N(c2cccc(F)c2)CC12CCN(S(=O)(=O)c1cn(C)cn1)C2. The number of piperazine rings is 1. The van der Waals surface area contributed by atoms with Crippen LogP contribution >= 0.6 is 0 Å². The van der Waals surface area contributed by atoms with Gasteiger partial charge in [0.25, 0.3) is 10.0 Å². The Morgan fingerprint density at radius 2 is 2.00 bits per heavy atom. The first-order valence-corrected chi connectivity index (χ1v) is 10.4. The first-order chi connectivity index (χ1) is 13.2. The minimum atomic E-state index is -3.71. The van der Waals surface area contributed by atoms with Crippen LogP contribution in [0.2, 0.25) is 0 Å². The Hall–Kier alpha value is -2.30. The molecule has 2 saturated heterocycles. The highest BCUT2D eigenvalue weighted by molar-refractivity contribution is 7.89. The zero-order valence-corrected chi connectivity index (χ0v) is 16.6. The maximum absolute atomic E-state index is 13.7. The quantitative estimate of drug-likeness (QED) is 0.747. The fourth-order valence-electron chi connectivity index (χ4n) is 3.96. The van der Waals surface area contributed by atoms with E-state index < -0.39 is 21.4 Å². The highest BCUT2D eigenvalue weighted by Gasteiger charge is 2.50. The van der Waals surface area contributed by atoms with Crippen molar-refractivity contribution in [1.82, 2.24) is 18.8 Å². The van der Waals surface area contributed by atoms with Crippen LogP contribution in [-0.4, -0.2) is 71.8 Å². The Balaban J connectivity index is 1.61. The molecule has 28 heavy (non-hydrogen) atoms. The number of nitrogens with zero attached hydrogens (tertiary/aromatic N) is 5. The molecule has 2 fully saturated rings. The van der Waals surface area contributed by atoms with Gasteiger partial charge in [0.2, 0.25) is 5.91 Å². The summed E-state index contributed by atoms with van der Waals surface area (Å²) in [6.07, 6.45) is 3.51. The highest BCUT2D eigenvalue weighted by Crippen LogP contribution is 2.35. The van der Waals surface area contributed by atoms with Gasteiger partial charge in [-0.05, 0) is 31.7 Å². The van der Waals surface area contributed by atoms with Crippen molar-refractivity contribution in [3.8, 4) is 0 Å². The first kappa shape index (κ1) is 19.0. The van der Waals surface area contributed by atoms with Gasteiger partial charge < -0.3 is 9.47 Å². The zero-order valence-electron chi connectivity index (χ0n) is 15.7. The van der Waals surface area contributed by atoms with Gasteiger partial charge in [-0.1, -0.05) is 6.07 Å². The van der Waals surface area contributed by atoms with Crippen LogP contribution in [0, 0.1) is 5.82 Å². The van der Waals surface area contributed by atoms with Crippen molar-refractivity contribution in [1.29, 1.82) is 0 Å². The molecule has 0 saturated carbocycles. The van der Waals surface area contributed by atoms with E-state index in [-0.39, 0.29) is 24.0 Å². The van der Waals surface area contributed by atoms with Crippen LogP contribution < -0.4 is 4.90 Å². The van der Waals surface area contributed by atoms with Crippen LogP contribution in [0.15, 0.2) is 41.8 Å². The Morgan fingerprint density at radius 1 is 1.21 bits per heavy atom. The van der Waals surface area contributed by atoms with Crippen molar-refractivity contribution >= 4 is 21.6 Å². The molecule has 3 heterocycles. The lowest BCUT2D eigenvalue weighted by Crippen LogP contribution is -2.64. The summed E-state index contributed by atoms with van der Waals surface area (Å²) in [5, 5.41) is 0.0172. The summed E-state index contributed by atoms with van der Waals surface area (Å²) < 4.78 is 42.6. The molecule has 2 aromatic rings. The van der Waals surface area contributed by atoms with Crippen LogP contribution in [-0.2, 0) is 21.9 Å². The molecule has 1 aromatic heterocycles. The number of halogens is 1. The number of sulfonamides is 1. The van der Waals surface area contributed by atoms with E-state index in [4.69, 9.17) is 0 Å². The Bertz CT molecular complexity index is 1020. The van der Waals surface area contributed by atoms with Crippen molar-refractivity contribution in [2.45, 2.75) is 17.0 Å². The van der Waals surface area contributed by atoms with Gasteiger partial charge in [-0.2, -0.15) is 4.31 Å². The minimum absolute atomic E-state index is 0.0172. The largest absolute Gasteiger partial charge is 0.339 e. The number of rotatable bonds is 3. The molecule has 0 aliphatic carbocycles. The van der Waals surface area contributed by atoms with Gasteiger partial charge in [-0.25, -0.2) is 17.8 Å². The fraction of sp³-hybridized carbons (Fsp3) is 0.444. The van der Waals surface area contributed by atoms with E-state index in [1.807, 2.05) is 11.9 Å². The normalized spacial score (nSPS) is 24.4. The molecule has 1 spiro atoms. The summed E-state index contributed by atoms with van der Waals surface area (Å²) in [7, 11) is -0.160. The number of hydrogen-bond acceptors (Lipinski definition) is 5. The first-order valence-electron chi connectivity index (χ1n) is 8.97. The molecule has 10 heteroatoms. The lowest BCUT2D eigenvalue weighted by molar-refractivity contribution is -0.123. The second-order valence-electron chi connectivity index (χ2n) is 7.51. The predicted octanol–water partition coefficient (Wildman–Crippen LogP) is 0.671. The van der Waals surface area contributed by atoms with E-state index in [1.54, 1.807) is 28.6 Å². The number of carbonyl (C=O) groups is 1. The topological polar surface area (TPSA) is 78.8 Å². The van der Waals surface area contributed by atoms with Crippen molar-refractivity contribution in [3.05, 3.63) is 42.6 Å². The standard InChI is InChI=1S/C18H22FN5O3S/c1-21-9-16(20-13-21)28(26,27)23-7-6-18(11-23)12-24(17(25)10-22(18)2)15-5-3-4-14(19)8-15/h3-5,8-9,13H,6-7,10-12H2,1-2H3. The maximum atomic E-state index is 13.7. The summed E-state index contributed by atoms with van der Waals surface area (Å²) in [5.41, 5.74) is -0.0364. The maximum Gasteiger partial charge on any atom is 0.262 e. The third-order valence-corrected chi connectivity index (χ3v) is 7.37. The van der Waals surface area contributed by atoms with E-state index in [9.17, 15) is 17.6 Å². The lowest BCUT2D eigenvalue weighted by Gasteiger charge is -2.46. The van der Waals surface area contributed by atoms with Crippen LogP contribution in [0.3, 0.4) is 0 Å². The van der Waals surface area contributed by atoms with Gasteiger partial charge in [-0.15, -0.1) is 0 Å². The van der Waals surface area contributed by atoms with Crippen molar-refractivity contribution in [3.63, 3.8) is 0 Å². The number of anilines is 1. The van der Waals surface area contributed by atoms with Crippen LogP contribution in [0.1, 0.15) is 6.42 Å². The smallest absolute Gasteiger partial charge is 0.262 e. The molecule has 0 bridgehead atoms. The average molecular weight is 407 g/mol. The van der Waals surface area contributed by atoms with E-state index in [2.05, 4.69) is 4.98 Å². The van der Waals surface area contributed by atoms with Crippen LogP contribution in [0.5, 0.6) is 0 Å². The van der Waals surface area contributed by atoms with Gasteiger partial charge in [0, 0.05) is 38.6 Å². The number of carbonyl (C=O) groups excluding carboxylic acids is 1. The Morgan fingerprint density at radius 3 is 2.68 bits per heavy atom. The highest BCUT2D eigenvalue weighted by atomic mass is 32.2. The number of aryl methyl sites for hydroxylation is 1. The molecule has 1 atom stereocenters. The summed E-state index contributed by atoms with van der Waals surface area (Å²) in [6.45, 7) is 1.05. The summed E-state index contributed by atoms with van der Waals surface area (Å²) in [6, 6.07) is 5.91. The van der Waals surface area contributed by atoms with E-state index in [1.165, 1.54) is 29.0 Å². The summed E-state index contributed by atoms with van der Waals surface area (Å²) >= 11 is 0. The third kappa shape index (κ3) is 3.11. The van der Waals surface area contributed by atoms with Gasteiger partial charge in [0.05, 0.1) is 18.4 Å². The van der Waals surface area contributed by atoms with Crippen LogP contribution in [0.25, 0.3) is 0 Å². The van der Waals surface area contributed by atoms with E-state index in [0.29, 0.717) is 25.2 Å². The number of imidazole rings is 1. The minimum Gasteiger partial charge on any atom is -0.339 e. The van der Waals surface area contributed by atoms with Crippen LogP contribution in [0.4, 0.5) is 10.1 Å². The second kappa shape index (κ2) is 6.64. The number of hydrogen-bond donors (Lipinski definition) is 0. The molecule has 2 aliphatic heterocycles. The van der Waals surface area contributed by atoms with E-state index in [0.717, 1.165) is 0 Å². The van der Waals surface area contributed by atoms with Crippen molar-refractivity contribution in [2.75, 3.05) is 38.1 Å². The van der Waals surface area contributed by atoms with Crippen molar-refractivity contribution in [2.24, 2.45) is 7.05 Å². The number of benzene rings is 1. The molecular formula is C18H22FN5O3S. The molecular weight excluding hydrogens is 385 g/mol. The lowest BCUT2D eigenvalue weighted by atomic mass is 9.92. The number of amides is 1. The molecule has 150 valence electrons. The second-order valence-corrected chi connectivity index (χ2v) is 9.39. The van der Waals surface area contributed by atoms with Gasteiger partial charge >= 0.3 is 0 Å². The molecule has 8 nitrogen and oxygen atoms in total. The predicted molar refractivity (Wildman–Crippen MR) is 101 cm³/mol. The molecule has 1 unspecified atom stereocenters. The summed E-state index contributed by atoms with van der Waals surface area (Å²) in [5.74, 6) is -0.547. The molecule has 0 N–H and O–H groups in total. The number of aromatic nitrogens is 2. The molecule has 4 rings (SSSR count). The Kier molecular flexibility index (Phi) is 4.52. The van der Waals surface area contributed by atoms with Gasteiger partial charge in [0.1, 0.15) is 5.82 Å².